The van der Waals surface area contributed by atoms with Crippen LogP contribution in [0.4, 0.5) is 20.6 Å². The minimum absolute atomic E-state index is 0.117. The van der Waals surface area contributed by atoms with Crippen molar-refractivity contribution in [3.05, 3.63) is 58.4 Å². The molecule has 2 N–H and O–H groups in total. The fourth-order valence-corrected chi connectivity index (χ4v) is 1.73. The lowest BCUT2D eigenvalue weighted by atomic mass is 10.0. The summed E-state index contributed by atoms with van der Waals surface area (Å²) >= 11 is 0. The van der Waals surface area contributed by atoms with Gasteiger partial charge in [-0.05, 0) is 29.3 Å². The van der Waals surface area contributed by atoms with Crippen molar-refractivity contribution >= 4 is 17.5 Å². The molecule has 0 bridgehead atoms. The monoisotopic (exact) mass is 276 g/mol. The maximum absolute atomic E-state index is 12.8. The molecular weight excluding hydrogens is 267 g/mol. The van der Waals surface area contributed by atoms with Crippen molar-refractivity contribution in [3.8, 4) is 11.1 Å². The summed E-state index contributed by atoms with van der Waals surface area (Å²) in [7, 11) is 0. The van der Waals surface area contributed by atoms with Gasteiger partial charge in [-0.2, -0.15) is 0 Å². The number of halogens is 1. The largest absolute Gasteiger partial charge is 0.465 e. The van der Waals surface area contributed by atoms with Crippen molar-refractivity contribution in [2.75, 3.05) is 5.32 Å². The highest BCUT2D eigenvalue weighted by atomic mass is 19.1. The predicted molar refractivity (Wildman–Crippen MR) is 70.1 cm³/mol. The van der Waals surface area contributed by atoms with Crippen molar-refractivity contribution < 1.29 is 19.2 Å². The highest BCUT2D eigenvalue weighted by Gasteiger charge is 2.16. The molecule has 0 aliphatic heterocycles. The van der Waals surface area contributed by atoms with E-state index in [-0.39, 0.29) is 11.4 Å². The fraction of sp³-hybridized carbons (Fsp3) is 0. The molecule has 0 saturated carbocycles. The summed E-state index contributed by atoms with van der Waals surface area (Å²) in [6, 6.07) is 9.50. The van der Waals surface area contributed by atoms with Crippen LogP contribution in [0.15, 0.2) is 42.5 Å². The molecule has 1 amide bonds. The smallest absolute Gasteiger partial charge is 0.409 e. The molecule has 0 unspecified atom stereocenters. The van der Waals surface area contributed by atoms with Crippen LogP contribution in [-0.4, -0.2) is 16.1 Å². The van der Waals surface area contributed by atoms with Crippen molar-refractivity contribution in [1.29, 1.82) is 0 Å². The predicted octanol–water partition coefficient (Wildman–Crippen LogP) is 3.49. The van der Waals surface area contributed by atoms with E-state index in [4.69, 9.17) is 5.11 Å². The summed E-state index contributed by atoms with van der Waals surface area (Å²) < 4.78 is 12.8. The first-order valence-electron chi connectivity index (χ1n) is 5.51. The lowest BCUT2D eigenvalue weighted by molar-refractivity contribution is -0.383. The number of nitrogens with one attached hydrogen (secondary N) is 1. The Balaban J connectivity index is 2.47. The third-order valence-corrected chi connectivity index (χ3v) is 2.61. The third kappa shape index (κ3) is 2.89. The highest BCUT2D eigenvalue weighted by molar-refractivity contribution is 5.87. The number of rotatable bonds is 3. The van der Waals surface area contributed by atoms with E-state index in [1.807, 2.05) is 5.32 Å². The Morgan fingerprint density at radius 2 is 1.75 bits per heavy atom. The van der Waals surface area contributed by atoms with Gasteiger partial charge >= 0.3 is 6.09 Å². The number of nitro groups is 1. The zero-order valence-electron chi connectivity index (χ0n) is 10.0. The number of nitrogens with zero attached hydrogens (tertiary/aromatic N) is 1. The Hall–Kier alpha value is -2.96. The molecule has 2 rings (SSSR count). The maximum Gasteiger partial charge on any atom is 0.409 e. The van der Waals surface area contributed by atoms with E-state index in [1.165, 1.54) is 42.5 Å². The lowest BCUT2D eigenvalue weighted by Crippen LogP contribution is -2.09. The zero-order valence-corrected chi connectivity index (χ0v) is 10.0. The molecule has 20 heavy (non-hydrogen) atoms. The number of hydrogen-bond donors (Lipinski definition) is 2. The Morgan fingerprint density at radius 1 is 1.15 bits per heavy atom. The van der Waals surface area contributed by atoms with Gasteiger partial charge in [0.15, 0.2) is 0 Å². The molecule has 6 nitrogen and oxygen atoms in total. The van der Waals surface area contributed by atoms with Crippen LogP contribution in [0, 0.1) is 15.9 Å². The van der Waals surface area contributed by atoms with Gasteiger partial charge in [-0.3, -0.25) is 15.4 Å². The number of anilines is 1. The minimum atomic E-state index is -1.39. The fourth-order valence-electron chi connectivity index (χ4n) is 1.73. The van der Waals surface area contributed by atoms with Gasteiger partial charge in [0, 0.05) is 6.07 Å². The van der Waals surface area contributed by atoms with E-state index in [1.54, 1.807) is 0 Å². The second-order valence-corrected chi connectivity index (χ2v) is 3.93. The van der Waals surface area contributed by atoms with Crippen molar-refractivity contribution in [3.63, 3.8) is 0 Å². The van der Waals surface area contributed by atoms with Crippen LogP contribution in [0.3, 0.4) is 0 Å². The minimum Gasteiger partial charge on any atom is -0.465 e. The van der Waals surface area contributed by atoms with Crippen LogP contribution in [0.25, 0.3) is 11.1 Å². The molecular formula is C13H9FN2O4. The Labute approximate surface area is 112 Å². The van der Waals surface area contributed by atoms with E-state index in [2.05, 4.69) is 0 Å². The molecule has 0 radical (unpaired) electrons. The molecule has 2 aromatic carbocycles. The second kappa shape index (κ2) is 5.35. The number of carboxylic acid groups (broad SMARTS) is 1. The van der Waals surface area contributed by atoms with Crippen LogP contribution in [0.1, 0.15) is 0 Å². The van der Waals surface area contributed by atoms with Gasteiger partial charge in [0.25, 0.3) is 5.69 Å². The summed E-state index contributed by atoms with van der Waals surface area (Å²) in [5, 5.41) is 21.5. The Morgan fingerprint density at radius 3 is 2.30 bits per heavy atom. The molecule has 0 aliphatic carbocycles. The molecule has 0 heterocycles. The number of benzene rings is 2. The van der Waals surface area contributed by atoms with Gasteiger partial charge in [-0.15, -0.1) is 0 Å². The van der Waals surface area contributed by atoms with Crippen LogP contribution in [0.2, 0.25) is 0 Å². The van der Waals surface area contributed by atoms with E-state index in [0.717, 1.165) is 0 Å². The summed E-state index contributed by atoms with van der Waals surface area (Å²) in [6.45, 7) is 0. The van der Waals surface area contributed by atoms with Gasteiger partial charge in [0.05, 0.1) is 4.92 Å². The summed E-state index contributed by atoms with van der Waals surface area (Å²) in [5.74, 6) is -0.410. The number of nitro benzene ring substituents is 1. The first-order chi connectivity index (χ1) is 9.47. The van der Waals surface area contributed by atoms with Crippen LogP contribution in [-0.2, 0) is 0 Å². The van der Waals surface area contributed by atoms with Gasteiger partial charge in [0.1, 0.15) is 11.5 Å². The second-order valence-electron chi connectivity index (χ2n) is 3.93. The average molecular weight is 276 g/mol. The quantitative estimate of drug-likeness (QED) is 0.662. The zero-order chi connectivity index (χ0) is 14.7. The SMILES string of the molecule is O=C(O)Nc1ccc(-c2ccc(F)cc2)cc1[N+](=O)[O-]. The van der Waals surface area contributed by atoms with Crippen LogP contribution < -0.4 is 5.32 Å². The van der Waals surface area contributed by atoms with E-state index >= 15 is 0 Å². The molecule has 0 saturated heterocycles. The third-order valence-electron chi connectivity index (χ3n) is 2.61. The maximum atomic E-state index is 12.8. The normalized spacial score (nSPS) is 10.1. The van der Waals surface area contributed by atoms with Crippen molar-refractivity contribution in [2.24, 2.45) is 0 Å². The van der Waals surface area contributed by atoms with Crippen molar-refractivity contribution in [1.82, 2.24) is 0 Å². The molecule has 0 spiro atoms. The Bertz CT molecular complexity index is 671. The molecule has 102 valence electrons. The average Bonchev–Trinajstić information content (AvgIpc) is 2.39. The highest BCUT2D eigenvalue weighted by Crippen LogP contribution is 2.30. The van der Waals surface area contributed by atoms with Crippen LogP contribution in [0.5, 0.6) is 0 Å². The summed E-state index contributed by atoms with van der Waals surface area (Å²) in [4.78, 5) is 20.8. The van der Waals surface area contributed by atoms with Gasteiger partial charge in [0.2, 0.25) is 0 Å². The van der Waals surface area contributed by atoms with Crippen LogP contribution >= 0.6 is 0 Å². The van der Waals surface area contributed by atoms with E-state index in [9.17, 15) is 19.3 Å². The molecule has 0 atom stereocenters. The molecule has 0 fully saturated rings. The summed E-state index contributed by atoms with van der Waals surface area (Å²) in [5.41, 5.74) is 0.603. The molecule has 0 aromatic heterocycles. The number of amides is 1. The molecule has 2 aromatic rings. The van der Waals surface area contributed by atoms with Gasteiger partial charge < -0.3 is 5.11 Å². The van der Waals surface area contributed by atoms with Crippen molar-refractivity contribution in [2.45, 2.75) is 0 Å². The molecule has 0 aliphatic rings. The van der Waals surface area contributed by atoms with E-state index < -0.39 is 16.8 Å². The summed E-state index contributed by atoms with van der Waals surface area (Å²) in [6.07, 6.45) is -1.39. The number of carbonyl (C=O) groups is 1. The topological polar surface area (TPSA) is 92.5 Å². The number of hydrogen-bond acceptors (Lipinski definition) is 3. The first kappa shape index (κ1) is 13.5. The van der Waals surface area contributed by atoms with Gasteiger partial charge in [-0.25, -0.2) is 9.18 Å². The van der Waals surface area contributed by atoms with E-state index in [0.29, 0.717) is 11.1 Å². The molecule has 7 heteroatoms. The van der Waals surface area contributed by atoms with Gasteiger partial charge in [-0.1, -0.05) is 18.2 Å². The first-order valence-corrected chi connectivity index (χ1v) is 5.51. The Kier molecular flexibility index (Phi) is 3.60. The standard InChI is InChI=1S/C13H9FN2O4/c14-10-4-1-8(2-5-10)9-3-6-11(15-13(17)18)12(7-9)16(19)20/h1-7,15H,(H,17,18). The lowest BCUT2D eigenvalue weighted by Gasteiger charge is -2.06.